The Labute approximate surface area is 138 Å². The molecule has 5 heteroatoms. The SMILES string of the molecule is Cc1cccc(C)c1OCC(O)CN(C)C(C)c1cnn(C)c1. The molecule has 0 aliphatic rings. The van der Waals surface area contributed by atoms with Crippen LogP contribution in [0.15, 0.2) is 30.6 Å². The molecule has 0 spiro atoms. The van der Waals surface area contributed by atoms with Gasteiger partial charge in [-0.15, -0.1) is 0 Å². The number of ether oxygens (including phenoxy) is 1. The average molecular weight is 317 g/mol. The second-order valence-electron chi connectivity index (χ2n) is 6.25. The maximum atomic E-state index is 10.3. The van der Waals surface area contributed by atoms with Crippen molar-refractivity contribution < 1.29 is 9.84 Å². The molecule has 2 aromatic rings. The minimum Gasteiger partial charge on any atom is -0.490 e. The molecule has 0 aliphatic carbocycles. The molecule has 2 rings (SSSR count). The minimum atomic E-state index is -0.543. The van der Waals surface area contributed by atoms with Crippen molar-refractivity contribution in [2.45, 2.75) is 32.9 Å². The van der Waals surface area contributed by atoms with Gasteiger partial charge < -0.3 is 9.84 Å². The van der Waals surface area contributed by atoms with Gasteiger partial charge >= 0.3 is 0 Å². The van der Waals surface area contributed by atoms with Crippen LogP contribution < -0.4 is 4.74 Å². The summed E-state index contributed by atoms with van der Waals surface area (Å²) < 4.78 is 7.62. The van der Waals surface area contributed by atoms with Crippen molar-refractivity contribution in [1.82, 2.24) is 14.7 Å². The average Bonchev–Trinajstić information content (AvgIpc) is 2.92. The molecule has 0 fully saturated rings. The van der Waals surface area contributed by atoms with E-state index >= 15 is 0 Å². The molecule has 0 aliphatic heterocycles. The van der Waals surface area contributed by atoms with Crippen LogP contribution in [0.5, 0.6) is 5.75 Å². The predicted octanol–water partition coefficient (Wildman–Crippen LogP) is 2.47. The van der Waals surface area contributed by atoms with Gasteiger partial charge in [0.2, 0.25) is 0 Å². The number of benzene rings is 1. The van der Waals surface area contributed by atoms with Gasteiger partial charge in [-0.1, -0.05) is 18.2 Å². The minimum absolute atomic E-state index is 0.193. The Balaban J connectivity index is 1.88. The van der Waals surface area contributed by atoms with Gasteiger partial charge in [-0.05, 0) is 38.9 Å². The van der Waals surface area contributed by atoms with Crippen LogP contribution in [0.1, 0.15) is 29.7 Å². The fourth-order valence-corrected chi connectivity index (χ4v) is 2.66. The number of para-hydroxylation sites is 1. The molecule has 0 amide bonds. The van der Waals surface area contributed by atoms with Crippen LogP contribution in [0.4, 0.5) is 0 Å². The van der Waals surface area contributed by atoms with E-state index in [4.69, 9.17) is 4.74 Å². The van der Waals surface area contributed by atoms with Crippen LogP contribution in [0.2, 0.25) is 0 Å². The van der Waals surface area contributed by atoms with E-state index in [9.17, 15) is 5.11 Å². The Hall–Kier alpha value is -1.85. The van der Waals surface area contributed by atoms with Crippen molar-refractivity contribution in [3.8, 4) is 5.75 Å². The van der Waals surface area contributed by atoms with Gasteiger partial charge in [0.25, 0.3) is 0 Å². The highest BCUT2D eigenvalue weighted by Gasteiger charge is 2.17. The standard InChI is InChI=1S/C18H27N3O2/c1-13-7-6-8-14(2)18(13)23-12-17(22)11-20(4)15(3)16-9-19-21(5)10-16/h6-10,15,17,22H,11-12H2,1-5H3. The summed E-state index contributed by atoms with van der Waals surface area (Å²) in [7, 11) is 3.91. The van der Waals surface area contributed by atoms with Crippen LogP contribution in [0.25, 0.3) is 0 Å². The molecule has 1 aromatic heterocycles. The van der Waals surface area contributed by atoms with Gasteiger partial charge in [-0.3, -0.25) is 9.58 Å². The monoisotopic (exact) mass is 317 g/mol. The first-order valence-corrected chi connectivity index (χ1v) is 7.94. The van der Waals surface area contributed by atoms with Gasteiger partial charge in [0.1, 0.15) is 18.5 Å². The largest absolute Gasteiger partial charge is 0.490 e. The summed E-state index contributed by atoms with van der Waals surface area (Å²) in [6.45, 7) is 6.98. The van der Waals surface area contributed by atoms with Gasteiger partial charge in [-0.25, -0.2) is 0 Å². The summed E-state index contributed by atoms with van der Waals surface area (Å²) in [6, 6.07) is 6.24. The number of nitrogens with zero attached hydrogens (tertiary/aromatic N) is 3. The van der Waals surface area contributed by atoms with Gasteiger partial charge in [-0.2, -0.15) is 5.10 Å². The zero-order chi connectivity index (χ0) is 17.0. The van der Waals surface area contributed by atoms with Crippen molar-refractivity contribution in [3.63, 3.8) is 0 Å². The summed E-state index contributed by atoms with van der Waals surface area (Å²) in [5.74, 6) is 0.870. The quantitative estimate of drug-likeness (QED) is 0.852. The number of likely N-dealkylation sites (N-methyl/N-ethyl adjacent to an activating group) is 1. The molecular formula is C18H27N3O2. The number of aliphatic hydroxyl groups is 1. The second kappa shape index (κ2) is 7.62. The van der Waals surface area contributed by atoms with E-state index < -0.39 is 6.10 Å². The normalized spacial score (nSPS) is 14.0. The van der Waals surface area contributed by atoms with E-state index in [0.717, 1.165) is 22.4 Å². The highest BCUT2D eigenvalue weighted by molar-refractivity contribution is 5.39. The summed E-state index contributed by atoms with van der Waals surface area (Å²) in [5.41, 5.74) is 3.32. The summed E-state index contributed by atoms with van der Waals surface area (Å²) >= 11 is 0. The molecular weight excluding hydrogens is 290 g/mol. The van der Waals surface area contributed by atoms with E-state index in [1.54, 1.807) is 4.68 Å². The van der Waals surface area contributed by atoms with Crippen LogP contribution in [-0.4, -0.2) is 46.1 Å². The van der Waals surface area contributed by atoms with E-state index in [1.807, 2.05) is 58.5 Å². The number of aryl methyl sites for hydroxylation is 3. The third-order valence-corrected chi connectivity index (χ3v) is 4.20. The van der Waals surface area contributed by atoms with Gasteiger partial charge in [0.05, 0.1) is 6.20 Å². The lowest BCUT2D eigenvalue weighted by molar-refractivity contribution is 0.0649. The van der Waals surface area contributed by atoms with Gasteiger partial charge in [0, 0.05) is 31.4 Å². The van der Waals surface area contributed by atoms with Crippen molar-refractivity contribution >= 4 is 0 Å². The lowest BCUT2D eigenvalue weighted by Crippen LogP contribution is -2.34. The number of aliphatic hydroxyl groups excluding tert-OH is 1. The maximum absolute atomic E-state index is 10.3. The summed E-state index contributed by atoms with van der Waals surface area (Å²) in [6.07, 6.45) is 3.32. The third-order valence-electron chi connectivity index (χ3n) is 4.20. The summed E-state index contributed by atoms with van der Waals surface area (Å²) in [5, 5.41) is 14.5. The Morgan fingerprint density at radius 2 is 1.96 bits per heavy atom. The maximum Gasteiger partial charge on any atom is 0.125 e. The molecule has 0 saturated heterocycles. The zero-order valence-electron chi connectivity index (χ0n) is 14.7. The molecule has 0 bridgehead atoms. The zero-order valence-corrected chi connectivity index (χ0v) is 14.7. The smallest absolute Gasteiger partial charge is 0.125 e. The van der Waals surface area contributed by atoms with Crippen molar-refractivity contribution in [1.29, 1.82) is 0 Å². The molecule has 1 N–H and O–H groups in total. The number of aromatic nitrogens is 2. The Morgan fingerprint density at radius 3 is 2.52 bits per heavy atom. The number of hydrogen-bond donors (Lipinski definition) is 1. The highest BCUT2D eigenvalue weighted by Crippen LogP contribution is 2.23. The molecule has 0 radical (unpaired) electrons. The predicted molar refractivity (Wildman–Crippen MR) is 91.7 cm³/mol. The van der Waals surface area contributed by atoms with Crippen LogP contribution >= 0.6 is 0 Å². The van der Waals surface area contributed by atoms with Crippen LogP contribution in [-0.2, 0) is 7.05 Å². The first kappa shape index (κ1) is 17.5. The highest BCUT2D eigenvalue weighted by atomic mass is 16.5. The number of hydrogen-bond acceptors (Lipinski definition) is 4. The molecule has 1 heterocycles. The van der Waals surface area contributed by atoms with Crippen molar-refractivity contribution in [2.24, 2.45) is 7.05 Å². The van der Waals surface area contributed by atoms with Crippen molar-refractivity contribution in [3.05, 3.63) is 47.3 Å². The Kier molecular flexibility index (Phi) is 5.80. The molecule has 5 nitrogen and oxygen atoms in total. The van der Waals surface area contributed by atoms with E-state index in [2.05, 4.69) is 16.9 Å². The second-order valence-corrected chi connectivity index (χ2v) is 6.25. The van der Waals surface area contributed by atoms with Crippen molar-refractivity contribution in [2.75, 3.05) is 20.2 Å². The van der Waals surface area contributed by atoms with Crippen LogP contribution in [0.3, 0.4) is 0 Å². The van der Waals surface area contributed by atoms with E-state index in [1.165, 1.54) is 0 Å². The van der Waals surface area contributed by atoms with E-state index in [-0.39, 0.29) is 12.6 Å². The number of rotatable bonds is 7. The third kappa shape index (κ3) is 4.56. The van der Waals surface area contributed by atoms with Crippen LogP contribution in [0, 0.1) is 13.8 Å². The lowest BCUT2D eigenvalue weighted by Gasteiger charge is -2.26. The molecule has 2 unspecified atom stereocenters. The lowest BCUT2D eigenvalue weighted by atomic mass is 10.1. The Bertz CT molecular complexity index is 619. The molecule has 1 aromatic carbocycles. The molecule has 126 valence electrons. The first-order chi connectivity index (χ1) is 10.9. The topological polar surface area (TPSA) is 50.5 Å². The van der Waals surface area contributed by atoms with E-state index in [0.29, 0.717) is 6.54 Å². The molecule has 2 atom stereocenters. The van der Waals surface area contributed by atoms with Gasteiger partial charge in [0.15, 0.2) is 0 Å². The molecule has 23 heavy (non-hydrogen) atoms. The fraction of sp³-hybridized carbons (Fsp3) is 0.500. The fourth-order valence-electron chi connectivity index (χ4n) is 2.66. The summed E-state index contributed by atoms with van der Waals surface area (Å²) in [4.78, 5) is 2.11. The molecule has 0 saturated carbocycles. The Morgan fingerprint density at radius 1 is 1.30 bits per heavy atom. The first-order valence-electron chi connectivity index (χ1n) is 7.94.